The fourth-order valence-corrected chi connectivity index (χ4v) is 2.15. The van der Waals surface area contributed by atoms with Gasteiger partial charge >= 0.3 is 0 Å². The van der Waals surface area contributed by atoms with Crippen molar-refractivity contribution in [1.29, 1.82) is 0 Å². The maximum atomic E-state index is 10.6. The molecule has 1 nitrogen and oxygen atoms in total. The van der Waals surface area contributed by atoms with Gasteiger partial charge in [-0.2, -0.15) is 0 Å². The summed E-state index contributed by atoms with van der Waals surface area (Å²) in [4.78, 5) is 10.6. The van der Waals surface area contributed by atoms with Crippen LogP contribution in [0.4, 0.5) is 0 Å². The monoisotopic (exact) mass is 188 g/mol. The van der Waals surface area contributed by atoms with Gasteiger partial charge in [0.1, 0.15) is 0 Å². The zero-order valence-corrected chi connectivity index (χ0v) is 8.49. The van der Waals surface area contributed by atoms with E-state index in [4.69, 9.17) is 11.6 Å². The first-order chi connectivity index (χ1) is 5.62. The lowest BCUT2D eigenvalue weighted by Gasteiger charge is -2.33. The van der Waals surface area contributed by atoms with E-state index in [-0.39, 0.29) is 5.24 Å². The molecule has 0 spiro atoms. The maximum Gasteiger partial charge on any atom is 0.221 e. The van der Waals surface area contributed by atoms with Gasteiger partial charge in [0.05, 0.1) is 0 Å². The molecular weight excluding hydrogens is 172 g/mol. The number of hydrogen-bond donors (Lipinski definition) is 0. The molecule has 0 bridgehead atoms. The number of halogens is 1. The summed E-state index contributed by atoms with van der Waals surface area (Å²) >= 11 is 5.32. The van der Waals surface area contributed by atoms with Crippen LogP contribution in [0, 0.1) is 5.41 Å². The summed E-state index contributed by atoms with van der Waals surface area (Å²) < 4.78 is 0. The van der Waals surface area contributed by atoms with Crippen molar-refractivity contribution >= 4 is 16.8 Å². The molecule has 1 rings (SSSR count). The van der Waals surface area contributed by atoms with Crippen LogP contribution in [0.25, 0.3) is 0 Å². The molecule has 0 aromatic heterocycles. The van der Waals surface area contributed by atoms with E-state index in [2.05, 4.69) is 6.92 Å². The van der Waals surface area contributed by atoms with E-state index < -0.39 is 0 Å². The second kappa shape index (κ2) is 4.27. The summed E-state index contributed by atoms with van der Waals surface area (Å²) in [5.41, 5.74) is 0.406. The van der Waals surface area contributed by atoms with Gasteiger partial charge in [0.15, 0.2) is 0 Å². The third-order valence-electron chi connectivity index (χ3n) is 2.99. The van der Waals surface area contributed by atoms with E-state index in [0.717, 1.165) is 6.42 Å². The van der Waals surface area contributed by atoms with Gasteiger partial charge in [-0.3, -0.25) is 4.79 Å². The van der Waals surface area contributed by atoms with Crippen molar-refractivity contribution < 1.29 is 4.79 Å². The van der Waals surface area contributed by atoms with Crippen molar-refractivity contribution in [3.05, 3.63) is 0 Å². The average molecular weight is 189 g/mol. The summed E-state index contributed by atoms with van der Waals surface area (Å²) in [6.07, 6.45) is 8.10. The molecule has 0 aliphatic heterocycles. The minimum atomic E-state index is -0.179. The first kappa shape index (κ1) is 10.0. The molecule has 0 saturated heterocycles. The molecule has 1 saturated carbocycles. The molecule has 0 amide bonds. The van der Waals surface area contributed by atoms with E-state index >= 15 is 0 Å². The normalized spacial score (nSPS) is 22.2. The fourth-order valence-electron chi connectivity index (χ4n) is 2.06. The van der Waals surface area contributed by atoms with Crippen LogP contribution in [-0.2, 0) is 4.79 Å². The van der Waals surface area contributed by atoms with Gasteiger partial charge in [-0.15, -0.1) is 0 Å². The Morgan fingerprint density at radius 3 is 2.42 bits per heavy atom. The van der Waals surface area contributed by atoms with E-state index in [9.17, 15) is 4.79 Å². The Balaban J connectivity index is 2.31. The number of rotatable bonds is 3. The van der Waals surface area contributed by atoms with Crippen molar-refractivity contribution in [2.45, 2.75) is 51.9 Å². The van der Waals surface area contributed by atoms with E-state index in [1.807, 2.05) is 0 Å². The molecule has 70 valence electrons. The topological polar surface area (TPSA) is 17.1 Å². The molecule has 0 N–H and O–H groups in total. The molecule has 1 aliphatic rings. The van der Waals surface area contributed by atoms with Gasteiger partial charge in [0.25, 0.3) is 0 Å². The van der Waals surface area contributed by atoms with Crippen LogP contribution in [-0.4, -0.2) is 5.24 Å². The van der Waals surface area contributed by atoms with E-state index in [0.29, 0.717) is 11.8 Å². The largest absolute Gasteiger partial charge is 0.281 e. The smallest absolute Gasteiger partial charge is 0.221 e. The van der Waals surface area contributed by atoms with E-state index in [1.54, 1.807) is 0 Å². The Morgan fingerprint density at radius 1 is 1.33 bits per heavy atom. The molecule has 0 heterocycles. The zero-order chi connectivity index (χ0) is 9.03. The van der Waals surface area contributed by atoms with Crippen molar-refractivity contribution in [3.63, 3.8) is 0 Å². The van der Waals surface area contributed by atoms with Gasteiger partial charge in [-0.25, -0.2) is 0 Å². The lowest BCUT2D eigenvalue weighted by Crippen LogP contribution is -2.20. The predicted octanol–water partition coefficient (Wildman–Crippen LogP) is 3.50. The quantitative estimate of drug-likeness (QED) is 0.620. The first-order valence-electron chi connectivity index (χ1n) is 4.81. The summed E-state index contributed by atoms with van der Waals surface area (Å²) in [5.74, 6) is 0. The van der Waals surface area contributed by atoms with Gasteiger partial charge in [0.2, 0.25) is 5.24 Å². The van der Waals surface area contributed by atoms with Crippen LogP contribution in [0.3, 0.4) is 0 Å². The second-order valence-corrected chi connectivity index (χ2v) is 4.65. The average Bonchev–Trinajstić information content (AvgIpc) is 2.03. The summed E-state index contributed by atoms with van der Waals surface area (Å²) in [6, 6.07) is 0. The fraction of sp³-hybridized carbons (Fsp3) is 0.900. The standard InChI is InChI=1S/C10H17ClO/c1-10(8-5-9(11)12)6-3-2-4-7-10/h2-8H2,1H3. The minimum absolute atomic E-state index is 0.179. The van der Waals surface area contributed by atoms with Crippen LogP contribution < -0.4 is 0 Å². The summed E-state index contributed by atoms with van der Waals surface area (Å²) in [7, 11) is 0. The molecule has 1 fully saturated rings. The first-order valence-corrected chi connectivity index (χ1v) is 5.19. The highest BCUT2D eigenvalue weighted by Crippen LogP contribution is 2.39. The molecule has 0 unspecified atom stereocenters. The minimum Gasteiger partial charge on any atom is -0.281 e. The molecule has 0 aromatic carbocycles. The molecule has 2 heteroatoms. The van der Waals surface area contributed by atoms with Crippen LogP contribution in [0.5, 0.6) is 0 Å². The highest BCUT2D eigenvalue weighted by molar-refractivity contribution is 6.63. The van der Waals surface area contributed by atoms with Gasteiger partial charge in [0, 0.05) is 6.42 Å². The SMILES string of the molecule is CC1(CCC(=O)Cl)CCCCC1. The molecule has 0 radical (unpaired) electrons. The Morgan fingerprint density at radius 2 is 1.92 bits per heavy atom. The molecule has 0 aromatic rings. The van der Waals surface area contributed by atoms with Gasteiger partial charge in [-0.1, -0.05) is 26.2 Å². The Kier molecular flexibility index (Phi) is 3.57. The van der Waals surface area contributed by atoms with Gasteiger partial charge in [-0.05, 0) is 36.3 Å². The van der Waals surface area contributed by atoms with E-state index in [1.165, 1.54) is 32.1 Å². The third kappa shape index (κ3) is 3.14. The molecule has 0 atom stereocenters. The predicted molar refractivity (Wildman–Crippen MR) is 51.3 cm³/mol. The van der Waals surface area contributed by atoms with Crippen molar-refractivity contribution in [2.75, 3.05) is 0 Å². The van der Waals surface area contributed by atoms with Crippen molar-refractivity contribution in [2.24, 2.45) is 5.41 Å². The number of carbonyl (C=O) groups excluding carboxylic acids is 1. The van der Waals surface area contributed by atoms with Crippen LogP contribution in [0.15, 0.2) is 0 Å². The Hall–Kier alpha value is -0.0400. The van der Waals surface area contributed by atoms with Gasteiger partial charge < -0.3 is 0 Å². The molecular formula is C10H17ClO. The Bertz CT molecular complexity index is 159. The lowest BCUT2D eigenvalue weighted by atomic mass is 9.73. The Labute approximate surface area is 79.5 Å². The van der Waals surface area contributed by atoms with Crippen molar-refractivity contribution in [3.8, 4) is 0 Å². The van der Waals surface area contributed by atoms with Crippen LogP contribution in [0.2, 0.25) is 0 Å². The maximum absolute atomic E-state index is 10.6. The number of hydrogen-bond acceptors (Lipinski definition) is 1. The molecule has 1 aliphatic carbocycles. The summed E-state index contributed by atoms with van der Waals surface area (Å²) in [5, 5.41) is -0.179. The lowest BCUT2D eigenvalue weighted by molar-refractivity contribution is -0.112. The van der Waals surface area contributed by atoms with Crippen LogP contribution in [0.1, 0.15) is 51.9 Å². The highest BCUT2D eigenvalue weighted by Gasteiger charge is 2.26. The number of carbonyl (C=O) groups is 1. The van der Waals surface area contributed by atoms with Crippen LogP contribution >= 0.6 is 11.6 Å². The third-order valence-corrected chi connectivity index (χ3v) is 3.17. The second-order valence-electron chi connectivity index (χ2n) is 4.23. The summed E-state index contributed by atoms with van der Waals surface area (Å²) in [6.45, 7) is 2.28. The highest BCUT2D eigenvalue weighted by atomic mass is 35.5. The molecule has 12 heavy (non-hydrogen) atoms. The zero-order valence-electron chi connectivity index (χ0n) is 7.74. The van der Waals surface area contributed by atoms with Crippen molar-refractivity contribution in [1.82, 2.24) is 0 Å².